The molecule has 2 amide bonds. The zero-order valence-corrected chi connectivity index (χ0v) is 18.3. The monoisotopic (exact) mass is 532 g/mol. The number of carbonyl (C=O) groups is 1. The number of nitrogens with zero attached hydrogens (tertiary/aromatic N) is 3. The van der Waals surface area contributed by atoms with Gasteiger partial charge in [0.15, 0.2) is 0 Å². The van der Waals surface area contributed by atoms with Crippen molar-refractivity contribution in [3.63, 3.8) is 0 Å². The van der Waals surface area contributed by atoms with E-state index in [1.807, 2.05) is 0 Å². The van der Waals surface area contributed by atoms with Gasteiger partial charge < -0.3 is 15.1 Å². The van der Waals surface area contributed by atoms with E-state index in [2.05, 4.69) is 10.3 Å². The van der Waals surface area contributed by atoms with Crippen molar-refractivity contribution >= 4 is 17.5 Å². The van der Waals surface area contributed by atoms with Crippen molar-refractivity contribution < 1.29 is 48.7 Å². The van der Waals surface area contributed by atoms with E-state index in [9.17, 15) is 48.7 Å². The highest BCUT2D eigenvalue weighted by Gasteiger charge is 2.73. The van der Waals surface area contributed by atoms with Crippen LogP contribution in [0.25, 0.3) is 0 Å². The van der Waals surface area contributed by atoms with Crippen LogP contribution >= 0.6 is 0 Å². The Balaban J connectivity index is 1.71. The van der Waals surface area contributed by atoms with Gasteiger partial charge >= 0.3 is 30.2 Å². The number of pyridine rings is 1. The second-order valence-corrected chi connectivity index (χ2v) is 8.02. The summed E-state index contributed by atoms with van der Waals surface area (Å²) in [5.74, 6) is -0.309. The topological polar surface area (TPSA) is 48.5 Å². The van der Waals surface area contributed by atoms with Gasteiger partial charge in [0.25, 0.3) is 0 Å². The molecule has 0 radical (unpaired) electrons. The first-order valence-corrected chi connectivity index (χ1v) is 10.2. The summed E-state index contributed by atoms with van der Waals surface area (Å²) in [6.45, 7) is 1.41. The van der Waals surface area contributed by atoms with Crippen LogP contribution in [0.4, 0.5) is 60.2 Å². The molecule has 5 nitrogen and oxygen atoms in total. The lowest BCUT2D eigenvalue weighted by Crippen LogP contribution is -2.55. The maximum Gasteiger partial charge on any atom is 0.435 e. The van der Waals surface area contributed by atoms with Crippen LogP contribution < -0.4 is 10.2 Å². The molecule has 0 bridgehead atoms. The summed E-state index contributed by atoms with van der Waals surface area (Å²) in [6, 6.07) is 2.46. The van der Waals surface area contributed by atoms with Crippen LogP contribution in [0.5, 0.6) is 0 Å². The van der Waals surface area contributed by atoms with Gasteiger partial charge in [0.1, 0.15) is 5.82 Å². The Morgan fingerprint density at radius 2 is 1.50 bits per heavy atom. The number of halogens is 10. The molecule has 0 saturated carbocycles. The number of aromatic nitrogens is 1. The average molecular weight is 532 g/mol. The van der Waals surface area contributed by atoms with Gasteiger partial charge in [-0.25, -0.2) is 14.2 Å². The Kier molecular flexibility index (Phi) is 7.07. The number of piperazine rings is 1. The van der Waals surface area contributed by atoms with Crippen LogP contribution in [-0.2, 0) is 11.8 Å². The maximum atomic E-state index is 14.1. The molecule has 36 heavy (non-hydrogen) atoms. The highest BCUT2D eigenvalue weighted by molar-refractivity contribution is 5.89. The SMILES string of the molecule is CC1CN(c2ncccc2C(F)(F)F)CCN1C(=O)Nc1ccc(C(F)(C(F)(F)F)C(F)(F)F)cc1. The predicted octanol–water partition coefficient (Wildman–Crippen LogP) is 6.13. The molecule has 1 N–H and O–H groups in total. The van der Waals surface area contributed by atoms with Gasteiger partial charge in [-0.2, -0.15) is 39.5 Å². The molecular weight excluding hydrogens is 514 g/mol. The van der Waals surface area contributed by atoms with E-state index >= 15 is 0 Å². The Bertz CT molecular complexity index is 1070. The fourth-order valence-electron chi connectivity index (χ4n) is 3.79. The summed E-state index contributed by atoms with van der Waals surface area (Å²) in [5.41, 5.74) is -8.47. The molecule has 2 heterocycles. The zero-order chi connectivity index (χ0) is 27.1. The molecule has 198 valence electrons. The third kappa shape index (κ3) is 5.14. The lowest BCUT2D eigenvalue weighted by Gasteiger charge is -2.40. The van der Waals surface area contributed by atoms with Crippen molar-refractivity contribution in [2.24, 2.45) is 0 Å². The van der Waals surface area contributed by atoms with Gasteiger partial charge in [-0.3, -0.25) is 0 Å². The molecule has 3 rings (SSSR count). The van der Waals surface area contributed by atoms with E-state index in [1.165, 1.54) is 22.9 Å². The lowest BCUT2D eigenvalue weighted by atomic mass is 9.94. The van der Waals surface area contributed by atoms with Crippen LogP contribution in [0.15, 0.2) is 42.6 Å². The Hall–Kier alpha value is -3.26. The summed E-state index contributed by atoms with van der Waals surface area (Å²) >= 11 is 0. The van der Waals surface area contributed by atoms with Gasteiger partial charge in [-0.15, -0.1) is 0 Å². The molecule has 2 aromatic rings. The van der Waals surface area contributed by atoms with E-state index in [0.29, 0.717) is 12.1 Å². The number of urea groups is 1. The average Bonchev–Trinajstić information content (AvgIpc) is 2.76. The Labute approximate surface area is 197 Å². The van der Waals surface area contributed by atoms with Gasteiger partial charge in [-0.05, 0) is 31.2 Å². The van der Waals surface area contributed by atoms with Gasteiger partial charge in [0.2, 0.25) is 0 Å². The van der Waals surface area contributed by atoms with Gasteiger partial charge in [0, 0.05) is 43.1 Å². The lowest BCUT2D eigenvalue weighted by molar-refractivity contribution is -0.348. The van der Waals surface area contributed by atoms with Gasteiger partial charge in [-0.1, -0.05) is 12.1 Å². The van der Waals surface area contributed by atoms with Crippen LogP contribution in [0.2, 0.25) is 0 Å². The highest BCUT2D eigenvalue weighted by atomic mass is 19.4. The van der Waals surface area contributed by atoms with Crippen molar-refractivity contribution in [2.75, 3.05) is 29.9 Å². The second kappa shape index (κ2) is 9.32. The van der Waals surface area contributed by atoms with Crippen LogP contribution in [0.1, 0.15) is 18.1 Å². The summed E-state index contributed by atoms with van der Waals surface area (Å²) < 4.78 is 131. The molecule has 1 unspecified atom stereocenters. The van der Waals surface area contributed by atoms with Crippen molar-refractivity contribution in [3.8, 4) is 0 Å². The summed E-state index contributed by atoms with van der Waals surface area (Å²) in [4.78, 5) is 19.0. The van der Waals surface area contributed by atoms with Crippen molar-refractivity contribution in [3.05, 3.63) is 53.7 Å². The molecule has 1 aliphatic rings. The van der Waals surface area contributed by atoms with Crippen molar-refractivity contribution in [2.45, 2.75) is 37.2 Å². The largest absolute Gasteiger partial charge is 0.435 e. The molecule has 0 aliphatic carbocycles. The molecule has 1 aliphatic heterocycles. The number of rotatable bonds is 3. The first-order valence-electron chi connectivity index (χ1n) is 10.2. The van der Waals surface area contributed by atoms with Crippen LogP contribution in [0, 0.1) is 0 Å². The van der Waals surface area contributed by atoms with E-state index in [1.54, 1.807) is 0 Å². The first kappa shape index (κ1) is 27.3. The van der Waals surface area contributed by atoms with Crippen LogP contribution in [-0.4, -0.2) is 53.9 Å². The molecule has 1 aromatic heterocycles. The Morgan fingerprint density at radius 3 is 2.00 bits per heavy atom. The van der Waals surface area contributed by atoms with E-state index in [-0.39, 0.29) is 43.3 Å². The fourth-order valence-corrected chi connectivity index (χ4v) is 3.79. The van der Waals surface area contributed by atoms with Gasteiger partial charge in [0.05, 0.1) is 5.56 Å². The molecule has 0 spiro atoms. The Morgan fingerprint density at radius 1 is 0.917 bits per heavy atom. The van der Waals surface area contributed by atoms with Crippen molar-refractivity contribution in [1.82, 2.24) is 9.88 Å². The molecule has 1 saturated heterocycles. The van der Waals surface area contributed by atoms with E-state index in [0.717, 1.165) is 12.1 Å². The van der Waals surface area contributed by atoms with Crippen LogP contribution in [0.3, 0.4) is 0 Å². The number of hydrogen-bond acceptors (Lipinski definition) is 3. The number of carbonyl (C=O) groups excluding carboxylic acids is 1. The summed E-state index contributed by atoms with van der Waals surface area (Å²) in [7, 11) is 0. The second-order valence-electron chi connectivity index (χ2n) is 8.02. The third-order valence-corrected chi connectivity index (χ3v) is 5.60. The number of amides is 2. The quantitative estimate of drug-likeness (QED) is 0.484. The number of anilines is 2. The smallest absolute Gasteiger partial charge is 0.352 e. The van der Waals surface area contributed by atoms with Crippen molar-refractivity contribution in [1.29, 1.82) is 0 Å². The number of benzene rings is 1. The molecule has 1 fully saturated rings. The first-order chi connectivity index (χ1) is 16.5. The molecule has 1 atom stereocenters. The fraction of sp³-hybridized carbons (Fsp3) is 0.429. The maximum absolute atomic E-state index is 14.1. The number of hydrogen-bond donors (Lipinski definition) is 1. The standard InChI is InChI=1S/C21H18F10N4O/c1-12-11-34(16-15(19(23,24)25)3-2-8-32-16)9-10-35(12)17(36)33-14-6-4-13(5-7-14)18(22,20(26,27)28)21(29,30)31/h2-8,12H,9-11H2,1H3,(H,33,36). The van der Waals surface area contributed by atoms with E-state index < -0.39 is 47.4 Å². The molecular formula is C21H18F10N4O. The minimum Gasteiger partial charge on any atom is -0.352 e. The zero-order valence-electron chi connectivity index (χ0n) is 18.3. The summed E-state index contributed by atoms with van der Waals surface area (Å²) in [6.07, 6.45) is -16.0. The number of alkyl halides is 10. The molecule has 1 aromatic carbocycles. The summed E-state index contributed by atoms with van der Waals surface area (Å²) in [5, 5.41) is 2.28. The predicted molar refractivity (Wildman–Crippen MR) is 108 cm³/mol. The minimum absolute atomic E-state index is 0.0294. The number of nitrogens with one attached hydrogen (secondary N) is 1. The third-order valence-electron chi connectivity index (χ3n) is 5.60. The normalized spacial score (nSPS) is 17.8. The highest BCUT2D eigenvalue weighted by Crippen LogP contribution is 2.53. The van der Waals surface area contributed by atoms with E-state index in [4.69, 9.17) is 0 Å². The molecule has 15 heteroatoms. The minimum atomic E-state index is -6.27.